The van der Waals surface area contributed by atoms with Gasteiger partial charge in [0.05, 0.1) is 7.11 Å². The van der Waals surface area contributed by atoms with Crippen LogP contribution < -0.4 is 14.2 Å². The lowest BCUT2D eigenvalue weighted by Crippen LogP contribution is -2.37. The van der Waals surface area contributed by atoms with E-state index in [1.54, 1.807) is 7.11 Å². The third-order valence-electron chi connectivity index (χ3n) is 5.54. The number of para-hydroxylation sites is 1. The first-order chi connectivity index (χ1) is 12.7. The molecule has 0 spiro atoms. The van der Waals surface area contributed by atoms with Gasteiger partial charge in [0.2, 0.25) is 12.5 Å². The van der Waals surface area contributed by atoms with Gasteiger partial charge in [-0.2, -0.15) is 0 Å². The van der Waals surface area contributed by atoms with Crippen molar-refractivity contribution >= 4 is 10.9 Å². The summed E-state index contributed by atoms with van der Waals surface area (Å²) in [6.45, 7) is 3.40. The lowest BCUT2D eigenvalue weighted by atomic mass is 9.94. The zero-order valence-electron chi connectivity index (χ0n) is 15.3. The van der Waals surface area contributed by atoms with E-state index < -0.39 is 0 Å². The first kappa shape index (κ1) is 15.6. The molecule has 5 nitrogen and oxygen atoms in total. The second kappa shape index (κ2) is 5.68. The van der Waals surface area contributed by atoms with Crippen molar-refractivity contribution in [2.24, 2.45) is 0 Å². The van der Waals surface area contributed by atoms with Gasteiger partial charge in [0.25, 0.3) is 0 Å². The Morgan fingerprint density at radius 3 is 2.85 bits per heavy atom. The predicted octanol–water partition coefficient (Wildman–Crippen LogP) is 3.72. The van der Waals surface area contributed by atoms with Gasteiger partial charge in [-0.25, -0.2) is 0 Å². The SMILES string of the molecule is COc1c2c(cc3c1[C@H](n1c(C)cc4ccccc41)N(C)CC3)OCO2. The molecule has 5 rings (SSSR count). The molecule has 1 aromatic heterocycles. The summed E-state index contributed by atoms with van der Waals surface area (Å²) in [5, 5.41) is 1.25. The summed E-state index contributed by atoms with van der Waals surface area (Å²) >= 11 is 0. The van der Waals surface area contributed by atoms with Gasteiger partial charge in [-0.1, -0.05) is 18.2 Å². The van der Waals surface area contributed by atoms with Crippen molar-refractivity contribution in [1.29, 1.82) is 0 Å². The van der Waals surface area contributed by atoms with E-state index in [0.29, 0.717) is 0 Å². The third-order valence-corrected chi connectivity index (χ3v) is 5.54. The standard InChI is InChI=1S/C21H22N2O3/c1-13-10-14-6-4-5-7-16(14)23(13)21-18-15(8-9-22(21)2)11-17-19(20(18)24-3)26-12-25-17/h4-7,10-11,21H,8-9,12H2,1-3H3/t21-/m0/s1. The van der Waals surface area contributed by atoms with E-state index in [9.17, 15) is 0 Å². The summed E-state index contributed by atoms with van der Waals surface area (Å²) < 4.78 is 19.6. The average Bonchev–Trinajstić information content (AvgIpc) is 3.23. The Morgan fingerprint density at radius 1 is 1.15 bits per heavy atom. The van der Waals surface area contributed by atoms with Crippen LogP contribution in [0.25, 0.3) is 10.9 Å². The molecule has 2 aromatic carbocycles. The number of aryl methyl sites for hydroxylation is 1. The Morgan fingerprint density at radius 2 is 2.00 bits per heavy atom. The van der Waals surface area contributed by atoms with E-state index in [1.165, 1.54) is 27.7 Å². The van der Waals surface area contributed by atoms with Crippen LogP contribution in [0.1, 0.15) is 23.0 Å². The predicted molar refractivity (Wildman–Crippen MR) is 100 cm³/mol. The number of aromatic nitrogens is 1. The number of nitrogens with zero attached hydrogens (tertiary/aromatic N) is 2. The molecule has 0 saturated carbocycles. The Kier molecular flexibility index (Phi) is 3.40. The monoisotopic (exact) mass is 350 g/mol. The molecule has 0 saturated heterocycles. The molecule has 0 radical (unpaired) electrons. The van der Waals surface area contributed by atoms with Crippen molar-refractivity contribution in [1.82, 2.24) is 9.47 Å². The minimum absolute atomic E-state index is 0.0584. The molecular weight excluding hydrogens is 328 g/mol. The smallest absolute Gasteiger partial charge is 0.231 e. The molecule has 2 aliphatic rings. The molecule has 0 fully saturated rings. The van der Waals surface area contributed by atoms with Crippen LogP contribution in [0.3, 0.4) is 0 Å². The van der Waals surface area contributed by atoms with Gasteiger partial charge >= 0.3 is 0 Å². The Labute approximate surface area is 152 Å². The minimum atomic E-state index is 0.0584. The van der Waals surface area contributed by atoms with E-state index in [1.807, 2.05) is 0 Å². The summed E-state index contributed by atoms with van der Waals surface area (Å²) in [5.41, 5.74) is 4.91. The van der Waals surface area contributed by atoms with Crippen LogP contribution in [-0.2, 0) is 6.42 Å². The first-order valence-corrected chi connectivity index (χ1v) is 8.95. The second-order valence-corrected chi connectivity index (χ2v) is 7.04. The van der Waals surface area contributed by atoms with Crippen molar-refractivity contribution in [3.05, 3.63) is 53.2 Å². The number of methoxy groups -OCH3 is 1. The van der Waals surface area contributed by atoms with Crippen LogP contribution in [0, 0.1) is 6.92 Å². The van der Waals surface area contributed by atoms with Crippen LogP contribution in [0.2, 0.25) is 0 Å². The number of hydrogen-bond donors (Lipinski definition) is 0. The van der Waals surface area contributed by atoms with Gasteiger partial charge in [0, 0.05) is 23.3 Å². The fourth-order valence-corrected chi connectivity index (χ4v) is 4.37. The Bertz CT molecular complexity index is 1010. The number of ether oxygens (including phenoxy) is 3. The van der Waals surface area contributed by atoms with Crippen LogP contribution in [0.4, 0.5) is 0 Å². The van der Waals surface area contributed by atoms with Crippen LogP contribution in [-0.4, -0.2) is 37.0 Å². The molecule has 0 unspecified atom stereocenters. The van der Waals surface area contributed by atoms with Gasteiger partial charge < -0.3 is 18.8 Å². The highest BCUT2D eigenvalue weighted by Crippen LogP contribution is 2.50. The fraction of sp³-hybridized carbons (Fsp3) is 0.333. The number of rotatable bonds is 2. The summed E-state index contributed by atoms with van der Waals surface area (Å²) in [6, 6.07) is 12.9. The molecule has 2 aliphatic heterocycles. The Hall–Kier alpha value is -2.66. The lowest BCUT2D eigenvalue weighted by molar-refractivity contribution is 0.170. The summed E-state index contributed by atoms with van der Waals surface area (Å²) in [5.74, 6) is 2.31. The van der Waals surface area contributed by atoms with Crippen LogP contribution in [0.5, 0.6) is 17.2 Å². The molecule has 5 heteroatoms. The highest BCUT2D eigenvalue weighted by molar-refractivity contribution is 5.81. The molecule has 0 amide bonds. The van der Waals surface area contributed by atoms with E-state index >= 15 is 0 Å². The highest BCUT2D eigenvalue weighted by Gasteiger charge is 2.35. The number of benzene rings is 2. The number of likely N-dealkylation sites (N-methyl/N-ethyl adjacent to an activating group) is 1. The first-order valence-electron chi connectivity index (χ1n) is 8.95. The molecule has 0 aliphatic carbocycles. The third kappa shape index (κ3) is 2.07. The maximum atomic E-state index is 5.84. The fourth-order valence-electron chi connectivity index (χ4n) is 4.37. The zero-order valence-corrected chi connectivity index (χ0v) is 15.3. The van der Waals surface area contributed by atoms with Gasteiger partial charge in [-0.05, 0) is 49.5 Å². The van der Waals surface area contributed by atoms with Crippen molar-refractivity contribution in [2.75, 3.05) is 27.5 Å². The summed E-state index contributed by atoms with van der Waals surface area (Å²) in [4.78, 5) is 2.38. The van der Waals surface area contributed by atoms with Gasteiger partial charge in [0.15, 0.2) is 11.5 Å². The maximum Gasteiger partial charge on any atom is 0.231 e. The number of hydrogen-bond acceptors (Lipinski definition) is 4. The quantitative estimate of drug-likeness (QED) is 0.706. The molecule has 0 N–H and O–H groups in total. The van der Waals surface area contributed by atoms with E-state index in [4.69, 9.17) is 14.2 Å². The molecule has 0 bridgehead atoms. The lowest BCUT2D eigenvalue weighted by Gasteiger charge is -2.37. The topological polar surface area (TPSA) is 35.9 Å². The average molecular weight is 350 g/mol. The molecule has 3 heterocycles. The molecule has 1 atom stereocenters. The van der Waals surface area contributed by atoms with Gasteiger partial charge in [-0.15, -0.1) is 0 Å². The van der Waals surface area contributed by atoms with Crippen molar-refractivity contribution in [3.8, 4) is 17.2 Å². The molecule has 134 valence electrons. The van der Waals surface area contributed by atoms with Gasteiger partial charge in [0.1, 0.15) is 6.17 Å². The summed E-state index contributed by atoms with van der Waals surface area (Å²) in [6.07, 6.45) is 1.02. The van der Waals surface area contributed by atoms with E-state index in [2.05, 4.69) is 59.8 Å². The van der Waals surface area contributed by atoms with Gasteiger partial charge in [-0.3, -0.25) is 4.90 Å². The maximum absolute atomic E-state index is 5.84. The summed E-state index contributed by atoms with van der Waals surface area (Å²) in [7, 11) is 3.88. The number of fused-ring (bicyclic) bond motifs is 3. The van der Waals surface area contributed by atoms with Crippen molar-refractivity contribution < 1.29 is 14.2 Å². The minimum Gasteiger partial charge on any atom is -0.492 e. The Balaban J connectivity index is 1.80. The molecule has 26 heavy (non-hydrogen) atoms. The second-order valence-electron chi connectivity index (χ2n) is 7.04. The molecule has 3 aromatic rings. The zero-order chi connectivity index (χ0) is 17.8. The largest absolute Gasteiger partial charge is 0.492 e. The van der Waals surface area contributed by atoms with Crippen molar-refractivity contribution in [3.63, 3.8) is 0 Å². The van der Waals surface area contributed by atoms with E-state index in [-0.39, 0.29) is 13.0 Å². The normalized spacial score (nSPS) is 19.0. The van der Waals surface area contributed by atoms with Crippen LogP contribution in [0.15, 0.2) is 36.4 Å². The van der Waals surface area contributed by atoms with Crippen molar-refractivity contribution in [2.45, 2.75) is 19.5 Å². The van der Waals surface area contributed by atoms with Crippen LogP contribution >= 0.6 is 0 Å². The van der Waals surface area contributed by atoms with E-state index in [0.717, 1.165) is 30.2 Å². The highest BCUT2D eigenvalue weighted by atomic mass is 16.7. The molecular formula is C21H22N2O3.